The van der Waals surface area contributed by atoms with Gasteiger partial charge in [-0.2, -0.15) is 0 Å². The van der Waals surface area contributed by atoms with Crippen LogP contribution in [-0.2, 0) is 10.8 Å². The Balaban J connectivity index is 2.27. The first-order valence-corrected chi connectivity index (χ1v) is 8.20. The van der Waals surface area contributed by atoms with E-state index in [4.69, 9.17) is 0 Å². The summed E-state index contributed by atoms with van der Waals surface area (Å²) in [5.41, 5.74) is 3.02. The molecular formula is C20H24S. The zero-order valence-corrected chi connectivity index (χ0v) is 14.7. The monoisotopic (exact) mass is 296 g/mol. The van der Waals surface area contributed by atoms with Crippen LogP contribution in [0.1, 0.15) is 52.7 Å². The molecule has 0 bridgehead atoms. The van der Waals surface area contributed by atoms with Crippen molar-refractivity contribution in [1.29, 1.82) is 0 Å². The van der Waals surface area contributed by atoms with Crippen molar-refractivity contribution >= 4 is 11.8 Å². The molecule has 0 aliphatic rings. The van der Waals surface area contributed by atoms with Crippen LogP contribution in [0, 0.1) is 12.1 Å². The van der Waals surface area contributed by atoms with Crippen molar-refractivity contribution in [2.45, 2.75) is 62.2 Å². The molecule has 2 rings (SSSR count). The molecule has 0 aliphatic heterocycles. The van der Waals surface area contributed by atoms with Gasteiger partial charge in [0.2, 0.25) is 0 Å². The van der Waals surface area contributed by atoms with Crippen LogP contribution in [0.25, 0.3) is 0 Å². The fourth-order valence-electron chi connectivity index (χ4n) is 2.06. The Bertz CT molecular complexity index is 557. The molecule has 0 aliphatic carbocycles. The van der Waals surface area contributed by atoms with Crippen molar-refractivity contribution in [3.8, 4) is 0 Å². The minimum Gasteiger partial charge on any atom is -0.0888 e. The molecule has 0 nitrogen and oxygen atoms in total. The SMILES string of the molecule is CC(C)(C)c1cc[c]c(Sc2[c]ccc(C(C)(C)C)c2)c1. The summed E-state index contributed by atoms with van der Waals surface area (Å²) in [4.78, 5) is 2.31. The van der Waals surface area contributed by atoms with E-state index in [9.17, 15) is 0 Å². The fourth-order valence-corrected chi connectivity index (χ4v) is 2.92. The maximum absolute atomic E-state index is 3.33. The van der Waals surface area contributed by atoms with Crippen LogP contribution in [0.15, 0.2) is 46.2 Å². The Labute approximate surface area is 134 Å². The zero-order valence-electron chi connectivity index (χ0n) is 13.9. The van der Waals surface area contributed by atoms with E-state index in [0.29, 0.717) is 0 Å². The van der Waals surface area contributed by atoms with Gasteiger partial charge in [-0.1, -0.05) is 77.6 Å². The van der Waals surface area contributed by atoms with E-state index in [1.54, 1.807) is 11.8 Å². The second-order valence-electron chi connectivity index (χ2n) is 7.49. The fraction of sp³-hybridized carbons (Fsp3) is 0.400. The number of benzene rings is 2. The largest absolute Gasteiger partial charge is 0.0888 e. The molecule has 0 saturated carbocycles. The van der Waals surface area contributed by atoms with Gasteiger partial charge in [0.05, 0.1) is 0 Å². The lowest BCUT2D eigenvalue weighted by Gasteiger charge is -2.20. The van der Waals surface area contributed by atoms with Crippen LogP contribution in [0.5, 0.6) is 0 Å². The topological polar surface area (TPSA) is 0 Å². The molecular weight excluding hydrogens is 272 g/mol. The van der Waals surface area contributed by atoms with E-state index >= 15 is 0 Å². The average Bonchev–Trinajstić information content (AvgIpc) is 2.37. The summed E-state index contributed by atoms with van der Waals surface area (Å²) in [6, 6.07) is 19.5. The van der Waals surface area contributed by atoms with Crippen LogP contribution in [0.2, 0.25) is 0 Å². The predicted molar refractivity (Wildman–Crippen MR) is 92.1 cm³/mol. The second kappa shape index (κ2) is 5.88. The van der Waals surface area contributed by atoms with Gasteiger partial charge in [0.15, 0.2) is 0 Å². The van der Waals surface area contributed by atoms with E-state index < -0.39 is 0 Å². The van der Waals surface area contributed by atoms with Crippen LogP contribution < -0.4 is 0 Å². The highest BCUT2D eigenvalue weighted by Crippen LogP contribution is 2.33. The average molecular weight is 296 g/mol. The summed E-state index contributed by atoms with van der Waals surface area (Å²) in [5.74, 6) is 0. The minimum absolute atomic E-state index is 0.168. The molecule has 2 aromatic rings. The predicted octanol–water partition coefficient (Wildman–Crippen LogP) is 6.03. The van der Waals surface area contributed by atoms with Crippen molar-refractivity contribution < 1.29 is 0 Å². The highest BCUT2D eigenvalue weighted by molar-refractivity contribution is 7.99. The molecule has 0 heterocycles. The van der Waals surface area contributed by atoms with E-state index in [2.05, 4.69) is 77.9 Å². The van der Waals surface area contributed by atoms with Crippen molar-refractivity contribution in [2.24, 2.45) is 0 Å². The summed E-state index contributed by atoms with van der Waals surface area (Å²) < 4.78 is 0. The third-order valence-electron chi connectivity index (χ3n) is 3.50. The molecule has 0 spiro atoms. The lowest BCUT2D eigenvalue weighted by molar-refractivity contribution is 0.588. The van der Waals surface area contributed by atoms with Crippen molar-refractivity contribution in [3.05, 3.63) is 59.7 Å². The van der Waals surface area contributed by atoms with Gasteiger partial charge in [0.25, 0.3) is 0 Å². The van der Waals surface area contributed by atoms with Gasteiger partial charge in [-0.15, -0.1) is 0 Å². The molecule has 21 heavy (non-hydrogen) atoms. The zero-order chi connectivity index (χ0) is 15.7. The van der Waals surface area contributed by atoms with Crippen LogP contribution in [-0.4, -0.2) is 0 Å². The summed E-state index contributed by atoms with van der Waals surface area (Å²) in [6.07, 6.45) is 0. The highest BCUT2D eigenvalue weighted by Gasteiger charge is 2.15. The van der Waals surface area contributed by atoms with E-state index in [1.807, 2.05) is 12.1 Å². The molecule has 0 N–H and O–H groups in total. The quantitative estimate of drug-likeness (QED) is 0.651. The van der Waals surface area contributed by atoms with Gasteiger partial charge in [-0.25, -0.2) is 0 Å². The minimum atomic E-state index is 0.168. The lowest BCUT2D eigenvalue weighted by Crippen LogP contribution is -2.11. The Morgan fingerprint density at radius 3 is 1.43 bits per heavy atom. The molecule has 0 unspecified atom stereocenters. The van der Waals surface area contributed by atoms with E-state index in [0.717, 1.165) is 9.79 Å². The molecule has 110 valence electrons. The first kappa shape index (κ1) is 16.2. The van der Waals surface area contributed by atoms with Crippen molar-refractivity contribution in [2.75, 3.05) is 0 Å². The first-order chi connectivity index (χ1) is 9.66. The van der Waals surface area contributed by atoms with Crippen LogP contribution in [0.3, 0.4) is 0 Å². The third-order valence-corrected chi connectivity index (χ3v) is 4.41. The summed E-state index contributed by atoms with van der Waals surface area (Å²) >= 11 is 1.74. The van der Waals surface area contributed by atoms with Gasteiger partial charge < -0.3 is 0 Å². The smallest absolute Gasteiger partial charge is 0.0204 e. The molecule has 0 aromatic heterocycles. The second-order valence-corrected chi connectivity index (χ2v) is 8.57. The number of hydrogen-bond donors (Lipinski definition) is 0. The maximum Gasteiger partial charge on any atom is 0.0204 e. The van der Waals surface area contributed by atoms with Gasteiger partial charge in [-0.3, -0.25) is 0 Å². The molecule has 1 heteroatoms. The van der Waals surface area contributed by atoms with Gasteiger partial charge in [0.1, 0.15) is 0 Å². The van der Waals surface area contributed by atoms with Crippen molar-refractivity contribution in [1.82, 2.24) is 0 Å². The standard InChI is InChI=1S/C20H24S/c1-19(2,3)15-9-7-11-17(13-15)21-18-12-8-10-16(14-18)20(4,5)6/h7-10,13-14H,1-6H3. The highest BCUT2D eigenvalue weighted by atomic mass is 32.2. The number of hydrogen-bond acceptors (Lipinski definition) is 1. The first-order valence-electron chi connectivity index (χ1n) is 7.38. The van der Waals surface area contributed by atoms with Crippen LogP contribution >= 0.6 is 11.8 Å². The summed E-state index contributed by atoms with van der Waals surface area (Å²) in [7, 11) is 0. The number of rotatable bonds is 2. The Hall–Kier alpha value is -1.21. The van der Waals surface area contributed by atoms with E-state index in [1.165, 1.54) is 11.1 Å². The van der Waals surface area contributed by atoms with Crippen LogP contribution in [0.4, 0.5) is 0 Å². The summed E-state index contributed by atoms with van der Waals surface area (Å²) in [6.45, 7) is 13.4. The van der Waals surface area contributed by atoms with Gasteiger partial charge in [0, 0.05) is 9.79 Å². The maximum atomic E-state index is 3.33. The Morgan fingerprint density at radius 1 is 0.714 bits per heavy atom. The Morgan fingerprint density at radius 2 is 1.10 bits per heavy atom. The normalized spacial score (nSPS) is 12.5. The lowest BCUT2D eigenvalue weighted by atomic mass is 9.87. The van der Waals surface area contributed by atoms with E-state index in [-0.39, 0.29) is 10.8 Å². The molecule has 0 amide bonds. The Kier molecular flexibility index (Phi) is 4.53. The van der Waals surface area contributed by atoms with Crippen molar-refractivity contribution in [3.63, 3.8) is 0 Å². The molecule has 2 aromatic carbocycles. The van der Waals surface area contributed by atoms with Gasteiger partial charge >= 0.3 is 0 Å². The third kappa shape index (κ3) is 4.38. The van der Waals surface area contributed by atoms with Gasteiger partial charge in [-0.05, 0) is 46.2 Å². The molecule has 0 fully saturated rings. The molecule has 0 saturated heterocycles. The molecule has 2 radical (unpaired) electrons. The summed E-state index contributed by atoms with van der Waals surface area (Å²) in [5, 5.41) is 0. The molecule has 0 atom stereocenters.